The Bertz CT molecular complexity index is 327. The van der Waals surface area contributed by atoms with Crippen LogP contribution >= 0.6 is 11.6 Å². The zero-order valence-electron chi connectivity index (χ0n) is 6.33. The summed E-state index contributed by atoms with van der Waals surface area (Å²) in [4.78, 5) is 16.1. The summed E-state index contributed by atoms with van der Waals surface area (Å²) in [7, 11) is 0. The van der Waals surface area contributed by atoms with E-state index in [9.17, 15) is 4.79 Å². The lowest BCUT2D eigenvalue weighted by atomic mass is 10.2. The highest BCUT2D eigenvalue weighted by Gasteiger charge is 2.19. The summed E-state index contributed by atoms with van der Waals surface area (Å²) in [5.41, 5.74) is 2.08. The fourth-order valence-corrected chi connectivity index (χ4v) is 1.61. The first-order valence-electron chi connectivity index (χ1n) is 3.62. The molecular formula is C8H7ClN2O. The molecule has 0 N–H and O–H groups in total. The minimum absolute atomic E-state index is 0.611. The van der Waals surface area contributed by atoms with Crippen molar-refractivity contribution in [3.05, 3.63) is 28.5 Å². The number of halogens is 1. The van der Waals surface area contributed by atoms with Gasteiger partial charge < -0.3 is 4.90 Å². The van der Waals surface area contributed by atoms with Gasteiger partial charge in [-0.3, -0.25) is 9.78 Å². The van der Waals surface area contributed by atoms with Crippen LogP contribution in [0.5, 0.6) is 0 Å². The van der Waals surface area contributed by atoms with Crippen molar-refractivity contribution in [2.45, 2.75) is 13.1 Å². The predicted octanol–water partition coefficient (Wildman–Crippen LogP) is 1.21. The molecule has 1 aliphatic heterocycles. The molecule has 0 bridgehead atoms. The zero-order chi connectivity index (χ0) is 8.55. The van der Waals surface area contributed by atoms with Crippen LogP contribution in [0.1, 0.15) is 11.1 Å². The van der Waals surface area contributed by atoms with Gasteiger partial charge in [0.2, 0.25) is 6.41 Å². The number of fused-ring (bicyclic) bond motifs is 1. The van der Waals surface area contributed by atoms with Gasteiger partial charge in [0.1, 0.15) is 0 Å². The number of aromatic nitrogens is 1. The van der Waals surface area contributed by atoms with E-state index >= 15 is 0 Å². The Morgan fingerprint density at radius 2 is 2.33 bits per heavy atom. The van der Waals surface area contributed by atoms with Crippen molar-refractivity contribution in [1.29, 1.82) is 0 Å². The molecule has 0 unspecified atom stereocenters. The largest absolute Gasteiger partial charge is 0.336 e. The predicted molar refractivity (Wildman–Crippen MR) is 44.6 cm³/mol. The summed E-state index contributed by atoms with van der Waals surface area (Å²) in [5, 5.41) is 0.650. The van der Waals surface area contributed by atoms with Crippen LogP contribution in [0.3, 0.4) is 0 Å². The van der Waals surface area contributed by atoms with E-state index in [1.54, 1.807) is 17.3 Å². The van der Waals surface area contributed by atoms with Gasteiger partial charge in [-0.25, -0.2) is 0 Å². The lowest BCUT2D eigenvalue weighted by Gasteiger charge is -2.04. The van der Waals surface area contributed by atoms with Crippen LogP contribution in [-0.4, -0.2) is 16.3 Å². The molecule has 1 amide bonds. The van der Waals surface area contributed by atoms with Crippen molar-refractivity contribution in [3.8, 4) is 0 Å². The van der Waals surface area contributed by atoms with Gasteiger partial charge in [0.05, 0.1) is 5.02 Å². The van der Waals surface area contributed by atoms with Crippen LogP contribution in [-0.2, 0) is 17.9 Å². The summed E-state index contributed by atoms with van der Waals surface area (Å²) in [6.07, 6.45) is 4.19. The fourth-order valence-electron chi connectivity index (χ4n) is 1.37. The Hall–Kier alpha value is -1.09. The quantitative estimate of drug-likeness (QED) is 0.612. The highest BCUT2D eigenvalue weighted by molar-refractivity contribution is 6.31. The minimum atomic E-state index is 0.611. The van der Waals surface area contributed by atoms with Crippen LogP contribution < -0.4 is 0 Å². The van der Waals surface area contributed by atoms with Gasteiger partial charge in [-0.05, 0) is 11.1 Å². The third-order valence-electron chi connectivity index (χ3n) is 1.98. The highest BCUT2D eigenvalue weighted by atomic mass is 35.5. The Kier molecular flexibility index (Phi) is 1.73. The fraction of sp³-hybridized carbons (Fsp3) is 0.250. The average Bonchev–Trinajstić information content (AvgIpc) is 2.49. The maximum absolute atomic E-state index is 10.4. The van der Waals surface area contributed by atoms with Gasteiger partial charge in [0.15, 0.2) is 0 Å². The molecule has 0 spiro atoms. The standard InChI is InChI=1S/C8H7ClN2O/c9-8-2-10-1-6-3-11(5-12)4-7(6)8/h1-2,5H,3-4H2. The lowest BCUT2D eigenvalue weighted by molar-refractivity contribution is -0.118. The number of carbonyl (C=O) groups excluding carboxylic acids is 1. The van der Waals surface area contributed by atoms with Crippen LogP contribution in [0.15, 0.2) is 12.4 Å². The molecule has 0 fully saturated rings. The summed E-state index contributed by atoms with van der Waals surface area (Å²) >= 11 is 5.89. The SMILES string of the molecule is O=CN1Cc2cncc(Cl)c2C1. The van der Waals surface area contributed by atoms with Crippen LogP contribution in [0, 0.1) is 0 Å². The van der Waals surface area contributed by atoms with Crippen molar-refractivity contribution < 1.29 is 4.79 Å². The van der Waals surface area contributed by atoms with Gasteiger partial charge in [-0.2, -0.15) is 0 Å². The van der Waals surface area contributed by atoms with Gasteiger partial charge in [0, 0.05) is 25.5 Å². The summed E-state index contributed by atoms with van der Waals surface area (Å²) in [6, 6.07) is 0. The number of amides is 1. The molecule has 0 aromatic carbocycles. The molecule has 0 atom stereocenters. The van der Waals surface area contributed by atoms with E-state index in [4.69, 9.17) is 11.6 Å². The normalized spacial score (nSPS) is 14.6. The smallest absolute Gasteiger partial charge is 0.210 e. The molecule has 0 saturated carbocycles. The van der Waals surface area contributed by atoms with Gasteiger partial charge in [-0.15, -0.1) is 0 Å². The molecule has 1 aromatic heterocycles. The van der Waals surface area contributed by atoms with E-state index in [0.717, 1.165) is 17.5 Å². The van der Waals surface area contributed by atoms with Crippen LogP contribution in [0.2, 0.25) is 5.02 Å². The number of hydrogen-bond acceptors (Lipinski definition) is 2. The number of hydrogen-bond donors (Lipinski definition) is 0. The maximum Gasteiger partial charge on any atom is 0.210 e. The first-order valence-corrected chi connectivity index (χ1v) is 3.99. The van der Waals surface area contributed by atoms with Crippen LogP contribution in [0.4, 0.5) is 0 Å². The molecule has 0 radical (unpaired) electrons. The van der Waals surface area contributed by atoms with Crippen molar-refractivity contribution in [1.82, 2.24) is 9.88 Å². The maximum atomic E-state index is 10.4. The van der Waals surface area contributed by atoms with Crippen molar-refractivity contribution >= 4 is 18.0 Å². The molecule has 2 rings (SSSR count). The van der Waals surface area contributed by atoms with E-state index in [1.807, 2.05) is 0 Å². The molecular weight excluding hydrogens is 176 g/mol. The second-order valence-corrected chi connectivity index (χ2v) is 3.18. The monoisotopic (exact) mass is 182 g/mol. The summed E-state index contributed by atoms with van der Waals surface area (Å²) < 4.78 is 0. The molecule has 62 valence electrons. The Balaban J connectivity index is 2.41. The number of pyridine rings is 1. The number of rotatable bonds is 1. The third-order valence-corrected chi connectivity index (χ3v) is 2.30. The first-order chi connectivity index (χ1) is 5.81. The van der Waals surface area contributed by atoms with Gasteiger partial charge in [0.25, 0.3) is 0 Å². The Labute approximate surface area is 75.0 Å². The van der Waals surface area contributed by atoms with Crippen molar-refractivity contribution in [2.75, 3.05) is 0 Å². The Morgan fingerprint density at radius 1 is 1.50 bits per heavy atom. The number of nitrogens with zero attached hydrogens (tertiary/aromatic N) is 2. The van der Waals surface area contributed by atoms with E-state index in [2.05, 4.69) is 4.98 Å². The highest BCUT2D eigenvalue weighted by Crippen LogP contribution is 2.26. The zero-order valence-corrected chi connectivity index (χ0v) is 7.08. The Morgan fingerprint density at radius 3 is 3.00 bits per heavy atom. The van der Waals surface area contributed by atoms with E-state index in [0.29, 0.717) is 18.1 Å². The molecule has 1 aliphatic rings. The topological polar surface area (TPSA) is 33.2 Å². The average molecular weight is 183 g/mol. The second kappa shape index (κ2) is 2.75. The molecule has 2 heterocycles. The van der Waals surface area contributed by atoms with Crippen LogP contribution in [0.25, 0.3) is 0 Å². The molecule has 3 nitrogen and oxygen atoms in total. The molecule has 12 heavy (non-hydrogen) atoms. The summed E-state index contributed by atoms with van der Waals surface area (Å²) in [6.45, 7) is 1.24. The third kappa shape index (κ3) is 1.06. The van der Waals surface area contributed by atoms with Crippen molar-refractivity contribution in [3.63, 3.8) is 0 Å². The summed E-state index contributed by atoms with van der Waals surface area (Å²) in [5.74, 6) is 0. The second-order valence-electron chi connectivity index (χ2n) is 2.77. The minimum Gasteiger partial charge on any atom is -0.336 e. The van der Waals surface area contributed by atoms with E-state index in [-0.39, 0.29) is 0 Å². The molecule has 0 aliphatic carbocycles. The molecule has 1 aromatic rings. The first kappa shape index (κ1) is 7.55. The lowest BCUT2D eigenvalue weighted by Crippen LogP contribution is -2.12. The van der Waals surface area contributed by atoms with E-state index in [1.165, 1.54) is 0 Å². The molecule has 4 heteroatoms. The van der Waals surface area contributed by atoms with E-state index < -0.39 is 0 Å². The molecule has 0 saturated heterocycles. The van der Waals surface area contributed by atoms with Crippen molar-refractivity contribution in [2.24, 2.45) is 0 Å². The van der Waals surface area contributed by atoms with Gasteiger partial charge >= 0.3 is 0 Å². The van der Waals surface area contributed by atoms with Gasteiger partial charge in [-0.1, -0.05) is 11.6 Å². The number of carbonyl (C=O) groups is 1.